The van der Waals surface area contributed by atoms with Gasteiger partial charge in [-0.3, -0.25) is 14.2 Å². The first-order chi connectivity index (χ1) is 12.5. The minimum atomic E-state index is -0.797. The van der Waals surface area contributed by atoms with E-state index in [-0.39, 0.29) is 23.5 Å². The van der Waals surface area contributed by atoms with Crippen LogP contribution in [0.2, 0.25) is 0 Å². The smallest absolute Gasteiger partial charge is 0.339 e. The number of carbonyl (C=O) groups excluding carboxylic acids is 2. The van der Waals surface area contributed by atoms with Gasteiger partial charge < -0.3 is 10.1 Å². The Kier molecular flexibility index (Phi) is 5.13. The van der Waals surface area contributed by atoms with E-state index in [1.807, 2.05) is 6.07 Å². The van der Waals surface area contributed by atoms with Gasteiger partial charge in [-0.05, 0) is 26.0 Å². The molecule has 134 valence electrons. The van der Waals surface area contributed by atoms with Crippen LogP contribution in [-0.4, -0.2) is 28.0 Å². The van der Waals surface area contributed by atoms with Gasteiger partial charge in [0.2, 0.25) is 5.91 Å². The van der Waals surface area contributed by atoms with E-state index >= 15 is 0 Å². The lowest BCUT2D eigenvalue weighted by Crippen LogP contribution is -2.32. The molecule has 1 N–H and O–H groups in total. The Bertz CT molecular complexity index is 1010. The van der Waals surface area contributed by atoms with Crippen molar-refractivity contribution in [3.8, 4) is 0 Å². The Morgan fingerprint density at radius 2 is 2.04 bits per heavy atom. The van der Waals surface area contributed by atoms with Gasteiger partial charge in [-0.15, -0.1) is 11.3 Å². The minimum Gasteiger partial charge on any atom is -0.462 e. The van der Waals surface area contributed by atoms with Crippen LogP contribution in [-0.2, 0) is 9.53 Å². The number of hydrogen-bond acceptors (Lipinski definition) is 6. The Morgan fingerprint density at radius 1 is 1.31 bits per heavy atom. The molecular formula is C18H17N3O4S. The fourth-order valence-corrected chi connectivity index (χ4v) is 3.34. The topological polar surface area (TPSA) is 90.3 Å². The van der Waals surface area contributed by atoms with Crippen molar-refractivity contribution in [2.45, 2.75) is 19.9 Å². The number of nitrogens with zero attached hydrogens (tertiary/aromatic N) is 2. The van der Waals surface area contributed by atoms with Gasteiger partial charge in [-0.2, -0.15) is 0 Å². The Labute approximate surface area is 153 Å². The van der Waals surface area contributed by atoms with E-state index in [9.17, 15) is 14.4 Å². The van der Waals surface area contributed by atoms with E-state index in [4.69, 9.17) is 4.74 Å². The van der Waals surface area contributed by atoms with Crippen LogP contribution in [0.4, 0.5) is 5.69 Å². The van der Waals surface area contributed by atoms with Gasteiger partial charge in [-0.25, -0.2) is 9.78 Å². The number of nitrogens with one attached hydrogen (secondary N) is 1. The fourth-order valence-electron chi connectivity index (χ4n) is 2.48. The molecule has 0 aliphatic rings. The summed E-state index contributed by atoms with van der Waals surface area (Å²) in [5, 5.41) is 4.48. The van der Waals surface area contributed by atoms with Crippen molar-refractivity contribution < 1.29 is 14.3 Å². The molecule has 7 nitrogen and oxygen atoms in total. The predicted octanol–water partition coefficient (Wildman–Crippen LogP) is 2.83. The highest BCUT2D eigenvalue weighted by molar-refractivity contribution is 7.17. The zero-order chi connectivity index (χ0) is 18.7. The van der Waals surface area contributed by atoms with Crippen LogP contribution in [0, 0.1) is 0 Å². The lowest BCUT2D eigenvalue weighted by molar-refractivity contribution is -0.118. The maximum absolute atomic E-state index is 12.9. The molecule has 0 saturated carbocycles. The number of hydrogen-bond donors (Lipinski definition) is 1. The van der Waals surface area contributed by atoms with Crippen molar-refractivity contribution in [2.75, 3.05) is 11.9 Å². The molecule has 26 heavy (non-hydrogen) atoms. The number of para-hydroxylation sites is 1. The molecule has 1 amide bonds. The number of carbonyl (C=O) groups is 2. The first-order valence-corrected chi connectivity index (χ1v) is 8.92. The first-order valence-electron chi connectivity index (χ1n) is 8.04. The quantitative estimate of drug-likeness (QED) is 0.697. The molecule has 0 fully saturated rings. The van der Waals surface area contributed by atoms with E-state index in [1.54, 1.807) is 43.5 Å². The van der Waals surface area contributed by atoms with Crippen molar-refractivity contribution >= 4 is 39.1 Å². The minimum absolute atomic E-state index is 0.175. The number of anilines is 1. The van der Waals surface area contributed by atoms with Crippen molar-refractivity contribution in [2.24, 2.45) is 0 Å². The molecule has 1 unspecified atom stereocenters. The summed E-state index contributed by atoms with van der Waals surface area (Å²) in [4.78, 5) is 42.0. The second-order valence-corrected chi connectivity index (χ2v) is 6.40. The van der Waals surface area contributed by atoms with Crippen LogP contribution in [0.25, 0.3) is 10.2 Å². The summed E-state index contributed by atoms with van der Waals surface area (Å²) in [5.74, 6) is -0.927. The molecular weight excluding hydrogens is 354 g/mol. The van der Waals surface area contributed by atoms with E-state index < -0.39 is 17.6 Å². The molecule has 1 atom stereocenters. The molecule has 3 rings (SSSR count). The summed E-state index contributed by atoms with van der Waals surface area (Å²) in [6.07, 6.45) is 1.32. The molecule has 0 spiro atoms. The standard InChI is InChI=1S/C18H17N3O4S/c1-3-25-18(24)13-9-26-16-14(13)17(23)21(10-19-16)11(2)15(22)20-12-7-5-4-6-8-12/h4-11H,3H2,1-2H3,(H,20,22). The summed E-state index contributed by atoms with van der Waals surface area (Å²) in [7, 11) is 0. The Hall–Kier alpha value is -3.00. The van der Waals surface area contributed by atoms with Gasteiger partial charge in [0.15, 0.2) is 0 Å². The van der Waals surface area contributed by atoms with E-state index in [1.165, 1.54) is 22.2 Å². The summed E-state index contributed by atoms with van der Waals surface area (Å²) >= 11 is 1.19. The van der Waals surface area contributed by atoms with Gasteiger partial charge in [0.05, 0.1) is 23.9 Å². The molecule has 3 aromatic rings. The number of ether oxygens (including phenoxy) is 1. The lowest BCUT2D eigenvalue weighted by atomic mass is 10.2. The normalized spacial score (nSPS) is 11.9. The second-order valence-electron chi connectivity index (χ2n) is 5.54. The Balaban J connectivity index is 1.96. The molecule has 0 saturated heterocycles. The van der Waals surface area contributed by atoms with Crippen LogP contribution in [0.3, 0.4) is 0 Å². The highest BCUT2D eigenvalue weighted by Gasteiger charge is 2.22. The third kappa shape index (κ3) is 3.36. The van der Waals surface area contributed by atoms with E-state index in [0.29, 0.717) is 10.5 Å². The molecule has 0 radical (unpaired) electrons. The summed E-state index contributed by atoms with van der Waals surface area (Å²) < 4.78 is 6.21. The van der Waals surface area contributed by atoms with Crippen LogP contribution >= 0.6 is 11.3 Å². The third-order valence-electron chi connectivity index (χ3n) is 3.85. The van der Waals surface area contributed by atoms with Crippen LogP contribution in [0.1, 0.15) is 30.2 Å². The van der Waals surface area contributed by atoms with Crippen molar-refractivity contribution in [1.29, 1.82) is 0 Å². The summed E-state index contributed by atoms with van der Waals surface area (Å²) in [6, 6.07) is 8.16. The largest absolute Gasteiger partial charge is 0.462 e. The SMILES string of the molecule is CCOC(=O)c1csc2ncn(C(C)C(=O)Nc3ccccc3)c(=O)c12. The number of thiophene rings is 1. The zero-order valence-corrected chi connectivity index (χ0v) is 15.1. The maximum atomic E-state index is 12.9. The second kappa shape index (κ2) is 7.49. The first kappa shape index (κ1) is 17.8. The van der Waals surface area contributed by atoms with Gasteiger partial charge in [0.25, 0.3) is 5.56 Å². The van der Waals surface area contributed by atoms with Gasteiger partial charge in [0, 0.05) is 11.1 Å². The molecule has 1 aromatic carbocycles. The highest BCUT2D eigenvalue weighted by Crippen LogP contribution is 2.22. The summed E-state index contributed by atoms with van der Waals surface area (Å²) in [6.45, 7) is 3.50. The Morgan fingerprint density at radius 3 is 2.73 bits per heavy atom. The number of aromatic nitrogens is 2. The molecule has 0 bridgehead atoms. The van der Waals surface area contributed by atoms with Crippen molar-refractivity contribution in [3.05, 3.63) is 58.0 Å². The molecule has 0 aliphatic carbocycles. The number of esters is 1. The van der Waals surface area contributed by atoms with Gasteiger partial charge in [-0.1, -0.05) is 18.2 Å². The lowest BCUT2D eigenvalue weighted by Gasteiger charge is -2.15. The number of fused-ring (bicyclic) bond motifs is 1. The molecule has 0 aliphatic heterocycles. The van der Waals surface area contributed by atoms with E-state index in [2.05, 4.69) is 10.3 Å². The predicted molar refractivity (Wildman–Crippen MR) is 99.6 cm³/mol. The highest BCUT2D eigenvalue weighted by atomic mass is 32.1. The third-order valence-corrected chi connectivity index (χ3v) is 4.74. The van der Waals surface area contributed by atoms with Gasteiger partial charge >= 0.3 is 5.97 Å². The molecule has 2 aromatic heterocycles. The van der Waals surface area contributed by atoms with Crippen molar-refractivity contribution in [3.63, 3.8) is 0 Å². The van der Waals surface area contributed by atoms with Crippen molar-refractivity contribution in [1.82, 2.24) is 9.55 Å². The van der Waals surface area contributed by atoms with Crippen LogP contribution < -0.4 is 10.9 Å². The average molecular weight is 371 g/mol. The van der Waals surface area contributed by atoms with Gasteiger partial charge in [0.1, 0.15) is 10.9 Å². The molecule has 8 heteroatoms. The fraction of sp³-hybridized carbons (Fsp3) is 0.222. The average Bonchev–Trinajstić information content (AvgIpc) is 3.07. The number of amides is 1. The zero-order valence-electron chi connectivity index (χ0n) is 14.3. The number of benzene rings is 1. The van der Waals surface area contributed by atoms with E-state index in [0.717, 1.165) is 0 Å². The van der Waals surface area contributed by atoms with Crippen LogP contribution in [0.15, 0.2) is 46.8 Å². The maximum Gasteiger partial charge on any atom is 0.339 e. The monoisotopic (exact) mass is 371 g/mol. The molecule has 2 heterocycles. The van der Waals surface area contributed by atoms with Crippen LogP contribution in [0.5, 0.6) is 0 Å². The summed E-state index contributed by atoms with van der Waals surface area (Å²) in [5.41, 5.74) is 0.360. The number of rotatable bonds is 5.